The lowest BCUT2D eigenvalue weighted by Gasteiger charge is -1.90. The topological polar surface area (TPSA) is 95.5 Å². The second-order valence-electron chi connectivity index (χ2n) is 6.45. The molecule has 0 fully saturated rings. The first-order chi connectivity index (χ1) is 14.2. The van der Waals surface area contributed by atoms with Crippen LogP contribution in [0.4, 0.5) is 0 Å². The van der Waals surface area contributed by atoms with Crippen LogP contribution in [0.25, 0.3) is 12.2 Å². The van der Waals surface area contributed by atoms with Crippen molar-refractivity contribution in [2.45, 2.75) is 0 Å². The average Bonchev–Trinajstić information content (AvgIpc) is 3.53. The smallest absolute Gasteiger partial charge is 0.206 e. The van der Waals surface area contributed by atoms with Gasteiger partial charge in [0.15, 0.2) is 0 Å². The maximum absolute atomic E-state index is 12.0. The third-order valence-corrected chi connectivity index (χ3v) is 4.33. The summed E-state index contributed by atoms with van der Waals surface area (Å²) in [4.78, 5) is 36.2. The molecule has 0 saturated heterocycles. The van der Waals surface area contributed by atoms with Gasteiger partial charge in [-0.15, -0.1) is 0 Å². The zero-order chi connectivity index (χ0) is 20.1. The van der Waals surface area contributed by atoms with Gasteiger partial charge in [-0.05, 0) is 54.6 Å². The molecule has 0 bridgehead atoms. The fraction of sp³-hybridized carbons (Fsp3) is 0. The van der Waals surface area contributed by atoms with E-state index in [1.807, 2.05) is 30.4 Å². The van der Waals surface area contributed by atoms with Crippen molar-refractivity contribution in [3.63, 3.8) is 0 Å². The normalized spacial score (nSPS) is 15.0. The van der Waals surface area contributed by atoms with E-state index >= 15 is 0 Å². The number of nitrogens with one attached hydrogen (secondary N) is 4. The molecular weight excluding hydrogens is 364 g/mol. The second kappa shape index (κ2) is 8.22. The van der Waals surface area contributed by atoms with Gasteiger partial charge in [-0.1, -0.05) is 0 Å². The first-order valence-electron chi connectivity index (χ1n) is 9.12. The number of aromatic amines is 3. The second-order valence-corrected chi connectivity index (χ2v) is 6.45. The number of carbonyl (C=O) groups excluding carboxylic acids is 2. The minimum atomic E-state index is -0.0789. The molecule has 4 rings (SSSR count). The minimum Gasteiger partial charge on any atom is -0.359 e. The van der Waals surface area contributed by atoms with Gasteiger partial charge in [0.2, 0.25) is 23.0 Å². The number of allylic oxidation sites excluding steroid dienone is 5. The quantitative estimate of drug-likeness (QED) is 0.372. The highest BCUT2D eigenvalue weighted by Crippen LogP contribution is 2.09. The lowest BCUT2D eigenvalue weighted by atomic mass is 10.2. The molecule has 1 aliphatic rings. The van der Waals surface area contributed by atoms with Crippen LogP contribution in [0.2, 0.25) is 0 Å². The summed E-state index contributed by atoms with van der Waals surface area (Å²) < 4.78 is 0. The zero-order valence-electron chi connectivity index (χ0n) is 15.5. The van der Waals surface area contributed by atoms with Gasteiger partial charge in [-0.3, -0.25) is 9.59 Å². The Balaban J connectivity index is 1.40. The Morgan fingerprint density at radius 1 is 0.793 bits per heavy atom. The van der Waals surface area contributed by atoms with Crippen molar-refractivity contribution in [1.29, 1.82) is 0 Å². The van der Waals surface area contributed by atoms with Gasteiger partial charge in [-0.2, -0.15) is 0 Å². The molecule has 3 aromatic rings. The summed E-state index contributed by atoms with van der Waals surface area (Å²) in [5.41, 5.74) is 4.58. The van der Waals surface area contributed by atoms with Crippen LogP contribution in [0.15, 0.2) is 84.9 Å². The van der Waals surface area contributed by atoms with Crippen molar-refractivity contribution < 1.29 is 14.6 Å². The van der Waals surface area contributed by atoms with Gasteiger partial charge in [0, 0.05) is 48.1 Å². The van der Waals surface area contributed by atoms with E-state index < -0.39 is 0 Å². The molecule has 0 amide bonds. The monoisotopic (exact) mass is 383 g/mol. The van der Waals surface area contributed by atoms with Gasteiger partial charge in [0.1, 0.15) is 0 Å². The molecule has 0 radical (unpaired) electrons. The number of H-pyrrole nitrogens is 3. The molecule has 142 valence electrons. The van der Waals surface area contributed by atoms with E-state index in [2.05, 4.69) is 19.9 Å². The molecule has 0 aliphatic carbocycles. The number of carbonyl (C=O) groups is 2. The molecule has 0 spiro atoms. The van der Waals surface area contributed by atoms with Crippen LogP contribution in [-0.4, -0.2) is 32.2 Å². The van der Waals surface area contributed by atoms with E-state index in [4.69, 9.17) is 0 Å². The lowest BCUT2D eigenvalue weighted by Crippen LogP contribution is -2.67. The lowest BCUT2D eigenvalue weighted by molar-refractivity contribution is -0.383. The molecule has 6 heteroatoms. The first-order valence-corrected chi connectivity index (χ1v) is 9.12. The Bertz CT molecular complexity index is 1170. The number of hydrogen-bond donors (Lipinski definition) is 4. The van der Waals surface area contributed by atoms with Crippen LogP contribution in [0.5, 0.6) is 0 Å². The van der Waals surface area contributed by atoms with Crippen LogP contribution in [0, 0.1) is 0 Å². The van der Waals surface area contributed by atoms with E-state index in [-0.39, 0.29) is 11.6 Å². The molecule has 0 aromatic carbocycles. The zero-order valence-corrected chi connectivity index (χ0v) is 15.5. The standard InChI is InChI=1S/C23H18N4O2/c28-22(20-3-1-13-24-20)11-9-16-5-7-18(26-16)15-19-8-6-17(27-19)10-12-23(29)21-4-2-14-25-21/h1-15,24-26H/p+1. The molecule has 0 unspecified atom stereocenters. The van der Waals surface area contributed by atoms with Crippen molar-refractivity contribution in [3.05, 3.63) is 108 Å². The highest BCUT2D eigenvalue weighted by molar-refractivity contribution is 6.10. The summed E-state index contributed by atoms with van der Waals surface area (Å²) in [6.07, 6.45) is 15.8. The Labute approximate surface area is 167 Å². The molecule has 4 N–H and O–H groups in total. The number of ketones is 2. The third kappa shape index (κ3) is 4.56. The molecule has 1 aliphatic heterocycles. The van der Waals surface area contributed by atoms with Crippen LogP contribution >= 0.6 is 0 Å². The van der Waals surface area contributed by atoms with E-state index in [0.29, 0.717) is 11.4 Å². The molecule has 29 heavy (non-hydrogen) atoms. The Morgan fingerprint density at radius 3 is 2.10 bits per heavy atom. The SMILES string of the molecule is O=C(C=CC1=[NH+]C(=Cc2ccc(C=CC(=O)c3ccc[nH]3)[nH]2)C=C1)c1ccc[nH]1. The van der Waals surface area contributed by atoms with E-state index in [1.165, 1.54) is 12.2 Å². The number of rotatable bonds is 7. The van der Waals surface area contributed by atoms with Gasteiger partial charge in [-0.25, -0.2) is 4.99 Å². The van der Waals surface area contributed by atoms with Crippen molar-refractivity contribution in [2.75, 3.05) is 0 Å². The van der Waals surface area contributed by atoms with Gasteiger partial charge in [0.25, 0.3) is 0 Å². The number of hydrogen-bond acceptors (Lipinski definition) is 2. The summed E-state index contributed by atoms with van der Waals surface area (Å²) >= 11 is 0. The molecule has 4 heterocycles. The highest BCUT2D eigenvalue weighted by Gasteiger charge is 2.11. The Hall–Kier alpha value is -4.19. The summed E-state index contributed by atoms with van der Waals surface area (Å²) in [5, 5.41) is 0. The van der Waals surface area contributed by atoms with Gasteiger partial charge < -0.3 is 15.0 Å². The van der Waals surface area contributed by atoms with Crippen LogP contribution in [-0.2, 0) is 0 Å². The molecule has 6 nitrogen and oxygen atoms in total. The Kier molecular flexibility index (Phi) is 5.16. The van der Waals surface area contributed by atoms with E-state index in [0.717, 1.165) is 22.8 Å². The maximum Gasteiger partial charge on any atom is 0.206 e. The first kappa shape index (κ1) is 18.2. The molecule has 3 aromatic heterocycles. The third-order valence-electron chi connectivity index (χ3n) is 4.33. The van der Waals surface area contributed by atoms with E-state index in [9.17, 15) is 9.59 Å². The van der Waals surface area contributed by atoms with Crippen molar-refractivity contribution in [1.82, 2.24) is 15.0 Å². The largest absolute Gasteiger partial charge is 0.359 e. The summed E-state index contributed by atoms with van der Waals surface area (Å²) in [5.74, 6) is -0.158. The summed E-state index contributed by atoms with van der Waals surface area (Å²) in [6.45, 7) is 0. The predicted molar refractivity (Wildman–Crippen MR) is 112 cm³/mol. The molecular formula is C23H19N4O2+. The van der Waals surface area contributed by atoms with Gasteiger partial charge >= 0.3 is 0 Å². The number of aromatic nitrogens is 3. The molecule has 0 atom stereocenters. The predicted octanol–water partition coefficient (Wildman–Crippen LogP) is 2.44. The minimum absolute atomic E-state index is 0.0789. The maximum atomic E-state index is 12.0. The van der Waals surface area contributed by atoms with Crippen LogP contribution in [0.1, 0.15) is 32.4 Å². The average molecular weight is 383 g/mol. The van der Waals surface area contributed by atoms with Crippen molar-refractivity contribution in [2.24, 2.45) is 0 Å². The highest BCUT2D eigenvalue weighted by atomic mass is 16.1. The van der Waals surface area contributed by atoms with Crippen molar-refractivity contribution >= 4 is 29.4 Å². The summed E-state index contributed by atoms with van der Waals surface area (Å²) in [7, 11) is 0. The van der Waals surface area contributed by atoms with Gasteiger partial charge in [0.05, 0.1) is 11.4 Å². The molecule has 0 saturated carbocycles. The van der Waals surface area contributed by atoms with Crippen molar-refractivity contribution in [3.8, 4) is 0 Å². The van der Waals surface area contributed by atoms with Crippen LogP contribution < -0.4 is 4.99 Å². The fourth-order valence-electron chi connectivity index (χ4n) is 2.87. The summed E-state index contributed by atoms with van der Waals surface area (Å²) in [6, 6.07) is 10.9. The van der Waals surface area contributed by atoms with E-state index in [1.54, 1.807) is 48.8 Å². The van der Waals surface area contributed by atoms with Crippen LogP contribution in [0.3, 0.4) is 0 Å². The fourth-order valence-corrected chi connectivity index (χ4v) is 2.87. The Morgan fingerprint density at radius 2 is 1.45 bits per heavy atom.